The Bertz CT molecular complexity index is 602. The van der Waals surface area contributed by atoms with Crippen LogP contribution >= 0.6 is 11.6 Å². The standard InChI is InChI=1S/C15H20ClN3O2/c1-11-8-13(19-6-4-12(2)18-19)17-15(16,9-11)14(20-3)5-7-21-10-14/h4,6,8-9,17H,5,7,10H2,1-3H3/t14?,15-/m0/s1. The van der Waals surface area contributed by atoms with E-state index in [4.69, 9.17) is 21.1 Å². The summed E-state index contributed by atoms with van der Waals surface area (Å²) >= 11 is 6.91. The van der Waals surface area contributed by atoms with Crippen LogP contribution in [-0.4, -0.2) is 40.7 Å². The van der Waals surface area contributed by atoms with Crippen molar-refractivity contribution in [1.29, 1.82) is 0 Å². The zero-order valence-corrected chi connectivity index (χ0v) is 13.3. The van der Waals surface area contributed by atoms with Crippen molar-refractivity contribution in [2.24, 2.45) is 0 Å². The van der Waals surface area contributed by atoms with E-state index < -0.39 is 10.6 Å². The molecular weight excluding hydrogens is 290 g/mol. The van der Waals surface area contributed by atoms with Crippen molar-refractivity contribution in [2.45, 2.75) is 30.9 Å². The molecule has 0 aliphatic carbocycles. The maximum absolute atomic E-state index is 6.91. The van der Waals surface area contributed by atoms with Crippen LogP contribution in [0.4, 0.5) is 0 Å². The second-order valence-electron chi connectivity index (χ2n) is 5.66. The van der Waals surface area contributed by atoms with Crippen LogP contribution in [0.25, 0.3) is 5.82 Å². The Morgan fingerprint density at radius 2 is 2.29 bits per heavy atom. The summed E-state index contributed by atoms with van der Waals surface area (Å²) in [5.74, 6) is 0.835. The largest absolute Gasteiger partial charge is 0.378 e. The van der Waals surface area contributed by atoms with E-state index in [9.17, 15) is 0 Å². The molecule has 1 saturated heterocycles. The van der Waals surface area contributed by atoms with Gasteiger partial charge in [-0.25, -0.2) is 4.68 Å². The van der Waals surface area contributed by atoms with Crippen LogP contribution in [0, 0.1) is 6.92 Å². The molecule has 1 unspecified atom stereocenters. The van der Waals surface area contributed by atoms with Gasteiger partial charge in [-0.3, -0.25) is 0 Å². The summed E-state index contributed by atoms with van der Waals surface area (Å²) in [5, 5.41) is 7.81. The van der Waals surface area contributed by atoms with Crippen molar-refractivity contribution in [3.63, 3.8) is 0 Å². The van der Waals surface area contributed by atoms with E-state index in [0.717, 1.165) is 23.5 Å². The zero-order valence-electron chi connectivity index (χ0n) is 12.5. The number of allylic oxidation sites excluding steroid dienone is 2. The van der Waals surface area contributed by atoms with Crippen molar-refractivity contribution >= 4 is 17.4 Å². The number of halogens is 1. The van der Waals surface area contributed by atoms with Gasteiger partial charge in [0.05, 0.1) is 12.3 Å². The minimum absolute atomic E-state index is 0.467. The van der Waals surface area contributed by atoms with Crippen LogP contribution in [0.1, 0.15) is 19.0 Å². The average molecular weight is 310 g/mol. The van der Waals surface area contributed by atoms with E-state index >= 15 is 0 Å². The summed E-state index contributed by atoms with van der Waals surface area (Å²) in [6.45, 7) is 5.09. The van der Waals surface area contributed by atoms with Gasteiger partial charge >= 0.3 is 0 Å². The van der Waals surface area contributed by atoms with E-state index in [1.807, 2.05) is 38.3 Å². The normalized spacial score (nSPS) is 32.6. The van der Waals surface area contributed by atoms with Gasteiger partial charge in [-0.2, -0.15) is 5.10 Å². The molecule has 21 heavy (non-hydrogen) atoms. The van der Waals surface area contributed by atoms with Crippen LogP contribution in [0.3, 0.4) is 0 Å². The van der Waals surface area contributed by atoms with Gasteiger partial charge in [0.25, 0.3) is 0 Å². The predicted octanol–water partition coefficient (Wildman–Crippen LogP) is 2.28. The molecule has 0 amide bonds. The fraction of sp³-hybridized carbons (Fsp3) is 0.533. The molecule has 6 heteroatoms. The van der Waals surface area contributed by atoms with Gasteiger partial charge in [-0.05, 0) is 37.6 Å². The molecule has 1 aromatic heterocycles. The molecule has 114 valence electrons. The highest BCUT2D eigenvalue weighted by molar-refractivity contribution is 6.26. The van der Waals surface area contributed by atoms with Gasteiger partial charge in [0.1, 0.15) is 11.4 Å². The first-order chi connectivity index (χ1) is 9.98. The maximum atomic E-state index is 6.91. The number of nitrogens with one attached hydrogen (secondary N) is 1. The Kier molecular flexibility index (Phi) is 3.59. The summed E-state index contributed by atoms with van der Waals surface area (Å²) in [6, 6.07) is 1.96. The van der Waals surface area contributed by atoms with Crippen LogP contribution in [-0.2, 0) is 9.47 Å². The first-order valence-electron chi connectivity index (χ1n) is 7.02. The highest BCUT2D eigenvalue weighted by Gasteiger charge is 2.53. The summed E-state index contributed by atoms with van der Waals surface area (Å²) in [6.07, 6.45) is 6.67. The summed E-state index contributed by atoms with van der Waals surface area (Å²) in [7, 11) is 1.68. The molecule has 0 spiro atoms. The smallest absolute Gasteiger partial charge is 0.164 e. The summed E-state index contributed by atoms with van der Waals surface area (Å²) in [4.78, 5) is -0.855. The Morgan fingerprint density at radius 3 is 2.86 bits per heavy atom. The maximum Gasteiger partial charge on any atom is 0.164 e. The lowest BCUT2D eigenvalue weighted by Gasteiger charge is -2.43. The molecule has 3 rings (SSSR count). The second-order valence-corrected chi connectivity index (χ2v) is 6.25. The first kappa shape index (κ1) is 14.6. The monoisotopic (exact) mass is 309 g/mol. The molecular formula is C15H20ClN3O2. The Balaban J connectivity index is 1.97. The van der Waals surface area contributed by atoms with Crippen molar-refractivity contribution in [3.05, 3.63) is 35.7 Å². The molecule has 1 aromatic rings. The third kappa shape index (κ3) is 2.39. The minimum Gasteiger partial charge on any atom is -0.378 e. The van der Waals surface area contributed by atoms with E-state index in [-0.39, 0.29) is 0 Å². The fourth-order valence-corrected chi connectivity index (χ4v) is 3.39. The minimum atomic E-state index is -0.855. The van der Waals surface area contributed by atoms with Crippen LogP contribution < -0.4 is 5.32 Å². The number of aromatic nitrogens is 2. The van der Waals surface area contributed by atoms with E-state index in [2.05, 4.69) is 10.4 Å². The molecule has 2 aliphatic heterocycles. The lowest BCUT2D eigenvalue weighted by Crippen LogP contribution is -2.60. The summed E-state index contributed by atoms with van der Waals surface area (Å²) < 4.78 is 13.1. The molecule has 0 bridgehead atoms. The Labute approximate surface area is 129 Å². The van der Waals surface area contributed by atoms with Gasteiger partial charge in [0.15, 0.2) is 5.00 Å². The third-order valence-corrected chi connectivity index (χ3v) is 4.66. The molecule has 0 aromatic carbocycles. The molecule has 2 atom stereocenters. The SMILES string of the molecule is COC1([C@]2(Cl)C=C(C)C=C(n3ccc(C)n3)N2)CCOC1. The topological polar surface area (TPSA) is 48.3 Å². The van der Waals surface area contributed by atoms with Crippen LogP contribution in [0.2, 0.25) is 0 Å². The van der Waals surface area contributed by atoms with Crippen LogP contribution in [0.15, 0.2) is 30.0 Å². The fourth-order valence-electron chi connectivity index (χ4n) is 2.89. The zero-order chi connectivity index (χ0) is 15.1. The number of nitrogens with zero attached hydrogens (tertiary/aromatic N) is 2. The molecule has 2 aliphatic rings. The number of dihydropyridines is 1. The number of hydrogen-bond acceptors (Lipinski definition) is 4. The highest BCUT2D eigenvalue weighted by Crippen LogP contribution is 2.41. The van der Waals surface area contributed by atoms with Crippen molar-refractivity contribution in [1.82, 2.24) is 15.1 Å². The number of aryl methyl sites for hydroxylation is 1. The molecule has 0 radical (unpaired) electrons. The van der Waals surface area contributed by atoms with E-state index in [0.29, 0.717) is 13.2 Å². The molecule has 5 nitrogen and oxygen atoms in total. The predicted molar refractivity (Wildman–Crippen MR) is 81.9 cm³/mol. The molecule has 3 heterocycles. The summed E-state index contributed by atoms with van der Waals surface area (Å²) in [5.41, 5.74) is 1.43. The van der Waals surface area contributed by atoms with Crippen LogP contribution in [0.5, 0.6) is 0 Å². The van der Waals surface area contributed by atoms with Gasteiger partial charge < -0.3 is 14.8 Å². The number of ether oxygens (including phenoxy) is 2. The van der Waals surface area contributed by atoms with Crippen molar-refractivity contribution < 1.29 is 9.47 Å². The number of alkyl halides is 1. The third-order valence-electron chi connectivity index (χ3n) is 4.11. The quantitative estimate of drug-likeness (QED) is 0.687. The van der Waals surface area contributed by atoms with E-state index in [1.165, 1.54) is 0 Å². The molecule has 1 N–H and O–H groups in total. The van der Waals surface area contributed by atoms with Gasteiger partial charge in [0, 0.05) is 26.3 Å². The lowest BCUT2D eigenvalue weighted by molar-refractivity contribution is -0.0430. The number of rotatable bonds is 3. The van der Waals surface area contributed by atoms with Gasteiger partial charge in [-0.1, -0.05) is 11.6 Å². The average Bonchev–Trinajstić information content (AvgIpc) is 3.07. The Hall–Kier alpha value is -1.30. The lowest BCUT2D eigenvalue weighted by atomic mass is 9.89. The van der Waals surface area contributed by atoms with Crippen molar-refractivity contribution in [3.8, 4) is 0 Å². The Morgan fingerprint density at radius 1 is 1.48 bits per heavy atom. The molecule has 1 fully saturated rings. The first-order valence-corrected chi connectivity index (χ1v) is 7.40. The van der Waals surface area contributed by atoms with E-state index in [1.54, 1.807) is 11.8 Å². The number of methoxy groups -OCH3 is 1. The molecule has 0 saturated carbocycles. The highest BCUT2D eigenvalue weighted by atomic mass is 35.5. The van der Waals surface area contributed by atoms with Gasteiger partial charge in [0.2, 0.25) is 0 Å². The van der Waals surface area contributed by atoms with Crippen molar-refractivity contribution in [2.75, 3.05) is 20.3 Å². The second kappa shape index (κ2) is 5.16. The van der Waals surface area contributed by atoms with Gasteiger partial charge in [-0.15, -0.1) is 0 Å². The number of hydrogen-bond donors (Lipinski definition) is 1.